The van der Waals surface area contributed by atoms with Gasteiger partial charge in [0.1, 0.15) is 0 Å². The average Bonchev–Trinajstić information content (AvgIpc) is 3.01. The van der Waals surface area contributed by atoms with Crippen molar-refractivity contribution in [3.63, 3.8) is 0 Å². The van der Waals surface area contributed by atoms with Gasteiger partial charge < -0.3 is 15.7 Å². The van der Waals surface area contributed by atoms with Crippen LogP contribution in [0.25, 0.3) is 0 Å². The van der Waals surface area contributed by atoms with Crippen LogP contribution in [0.5, 0.6) is 0 Å². The molecule has 152 valence electrons. The van der Waals surface area contributed by atoms with Crippen LogP contribution in [-0.2, 0) is 13.1 Å². The number of carbonyl (C=O) groups excluding carboxylic acids is 1. The first-order chi connectivity index (χ1) is 13.6. The van der Waals surface area contributed by atoms with Gasteiger partial charge in [0.15, 0.2) is 0 Å². The van der Waals surface area contributed by atoms with Gasteiger partial charge in [0.05, 0.1) is 17.8 Å². The van der Waals surface area contributed by atoms with Crippen LogP contribution in [-0.4, -0.2) is 40.3 Å². The number of rotatable bonds is 5. The van der Waals surface area contributed by atoms with E-state index in [1.54, 1.807) is 41.3 Å². The summed E-state index contributed by atoms with van der Waals surface area (Å²) in [5.74, 6) is -0.252. The number of nitrogens with zero attached hydrogens (tertiary/aromatic N) is 3. The van der Waals surface area contributed by atoms with Crippen molar-refractivity contribution in [3.05, 3.63) is 70.3 Å². The monoisotopic (exact) mass is 404 g/mol. The van der Waals surface area contributed by atoms with Crippen LogP contribution in [0.1, 0.15) is 38.8 Å². The molecule has 29 heavy (non-hydrogen) atoms. The van der Waals surface area contributed by atoms with E-state index in [1.165, 1.54) is 6.07 Å². The molecule has 1 heterocycles. The average molecular weight is 404 g/mol. The number of nitrogens with two attached hydrogens (primary N) is 1. The second-order valence-electron chi connectivity index (χ2n) is 6.91. The van der Waals surface area contributed by atoms with Crippen molar-refractivity contribution in [2.24, 2.45) is 5.73 Å². The van der Waals surface area contributed by atoms with E-state index in [2.05, 4.69) is 0 Å². The Morgan fingerprint density at radius 1 is 1.28 bits per heavy atom. The van der Waals surface area contributed by atoms with Crippen LogP contribution in [0.4, 0.5) is 13.2 Å². The van der Waals surface area contributed by atoms with Crippen LogP contribution in [0.3, 0.4) is 0 Å². The Bertz CT molecular complexity index is 954. The molecule has 3 rings (SSSR count). The van der Waals surface area contributed by atoms with E-state index in [1.807, 2.05) is 6.07 Å². The van der Waals surface area contributed by atoms with Gasteiger partial charge in [-0.3, -0.25) is 9.69 Å². The molecule has 0 saturated heterocycles. The van der Waals surface area contributed by atoms with Gasteiger partial charge in [-0.25, -0.2) is 0 Å². The van der Waals surface area contributed by atoms with Gasteiger partial charge in [-0.2, -0.15) is 18.4 Å². The summed E-state index contributed by atoms with van der Waals surface area (Å²) in [5.41, 5.74) is 8.67. The molecule has 2 atom stereocenters. The number of carbonyl (C=O) groups is 1. The summed E-state index contributed by atoms with van der Waals surface area (Å²) in [6.07, 6.45) is -8.79. The fourth-order valence-corrected chi connectivity index (χ4v) is 3.21. The van der Waals surface area contributed by atoms with Crippen LogP contribution in [0.15, 0.2) is 42.5 Å². The van der Waals surface area contributed by atoms with E-state index in [0.717, 1.165) is 18.2 Å². The maximum absolute atomic E-state index is 12.8. The zero-order valence-corrected chi connectivity index (χ0v) is 15.5. The molecular formula is C20H19F3N4O2. The topological polar surface area (TPSA) is 93.6 Å². The van der Waals surface area contributed by atoms with E-state index >= 15 is 0 Å². The van der Waals surface area contributed by atoms with E-state index < -0.39 is 18.6 Å². The highest BCUT2D eigenvalue weighted by molar-refractivity contribution is 5.98. The fourth-order valence-electron chi connectivity index (χ4n) is 3.21. The molecule has 0 radical (unpaired) electrons. The quantitative estimate of drug-likeness (QED) is 0.747. The zero-order chi connectivity index (χ0) is 21.3. The minimum atomic E-state index is -4.84. The predicted molar refractivity (Wildman–Crippen MR) is 97.9 cm³/mol. The largest absolute Gasteiger partial charge is 0.428 e. The number of halogens is 3. The molecule has 6 nitrogen and oxygen atoms in total. The third-order valence-electron chi connectivity index (χ3n) is 4.93. The fraction of sp³-hybridized carbons (Fsp3) is 0.300. The van der Waals surface area contributed by atoms with Crippen LogP contribution in [0, 0.1) is 11.3 Å². The minimum absolute atomic E-state index is 0.252. The first-order valence-corrected chi connectivity index (χ1v) is 8.75. The molecule has 0 aliphatic carbocycles. The third-order valence-corrected chi connectivity index (χ3v) is 4.93. The van der Waals surface area contributed by atoms with Crippen LogP contribution in [0.2, 0.25) is 0 Å². The number of benzene rings is 2. The van der Waals surface area contributed by atoms with E-state index in [4.69, 9.17) is 11.0 Å². The van der Waals surface area contributed by atoms with Crippen LogP contribution < -0.4 is 5.73 Å². The van der Waals surface area contributed by atoms with E-state index in [9.17, 15) is 23.1 Å². The molecule has 1 amide bonds. The van der Waals surface area contributed by atoms with Crippen molar-refractivity contribution in [1.29, 1.82) is 5.26 Å². The Hall–Kier alpha value is -2.93. The lowest BCUT2D eigenvalue weighted by Gasteiger charge is -2.30. The van der Waals surface area contributed by atoms with Gasteiger partial charge in [-0.1, -0.05) is 24.3 Å². The molecule has 0 aromatic heterocycles. The van der Waals surface area contributed by atoms with Gasteiger partial charge in [-0.05, 0) is 41.9 Å². The maximum Gasteiger partial charge on any atom is 0.428 e. The molecule has 0 spiro atoms. The molecule has 2 unspecified atom stereocenters. The number of fused-ring (bicyclic) bond motifs is 1. The lowest BCUT2D eigenvalue weighted by atomic mass is 10.0. The molecule has 1 aliphatic rings. The van der Waals surface area contributed by atoms with Gasteiger partial charge in [0, 0.05) is 18.7 Å². The number of hydrogen-bond donors (Lipinski definition) is 2. The predicted octanol–water partition coefficient (Wildman–Crippen LogP) is 2.48. The Balaban J connectivity index is 1.76. The molecule has 2 aromatic carbocycles. The summed E-state index contributed by atoms with van der Waals surface area (Å²) in [5, 5.41) is 18.3. The maximum atomic E-state index is 12.8. The highest BCUT2D eigenvalue weighted by Gasteiger charge is 2.43. The first-order valence-electron chi connectivity index (χ1n) is 8.75. The Morgan fingerprint density at radius 3 is 2.52 bits per heavy atom. The Labute approximate surface area is 165 Å². The summed E-state index contributed by atoms with van der Waals surface area (Å²) >= 11 is 0. The van der Waals surface area contributed by atoms with Crippen molar-refractivity contribution in [1.82, 2.24) is 9.80 Å². The molecular weight excluding hydrogens is 385 g/mol. The molecule has 3 N–H and O–H groups in total. The Kier molecular flexibility index (Phi) is 5.61. The summed E-state index contributed by atoms with van der Waals surface area (Å²) in [6, 6.07) is 13.6. The van der Waals surface area contributed by atoms with Gasteiger partial charge in [0.2, 0.25) is 6.23 Å². The normalized spacial score (nSPS) is 15.9. The van der Waals surface area contributed by atoms with Crippen molar-refractivity contribution < 1.29 is 23.1 Å². The molecule has 0 fully saturated rings. The number of aliphatic hydroxyl groups is 1. The van der Waals surface area contributed by atoms with Crippen molar-refractivity contribution in [2.75, 3.05) is 7.05 Å². The number of nitriles is 1. The Morgan fingerprint density at radius 2 is 1.93 bits per heavy atom. The number of amides is 1. The lowest BCUT2D eigenvalue weighted by Crippen LogP contribution is -2.47. The van der Waals surface area contributed by atoms with Crippen molar-refractivity contribution >= 4 is 5.91 Å². The number of hydrogen-bond acceptors (Lipinski definition) is 5. The SMILES string of the molecule is CN(C(N)c1ccc2c(c1)C(=O)N(Cc1ccc(C#N)cc1)C2)C(O)C(F)(F)F. The van der Waals surface area contributed by atoms with Gasteiger partial charge >= 0.3 is 6.18 Å². The van der Waals surface area contributed by atoms with Crippen molar-refractivity contribution in [3.8, 4) is 6.07 Å². The standard InChI is InChI=1S/C20H19F3N4O2/c1-26(19(29)20(21,22)23)17(25)14-6-7-15-11-27(18(28)16(15)8-14)10-13-4-2-12(9-24)3-5-13/h2-8,17,19,29H,10-11,25H2,1H3. The third kappa shape index (κ3) is 4.24. The molecule has 9 heteroatoms. The number of alkyl halides is 3. The van der Waals surface area contributed by atoms with Crippen molar-refractivity contribution in [2.45, 2.75) is 31.7 Å². The molecule has 0 bridgehead atoms. The summed E-state index contributed by atoms with van der Waals surface area (Å²) in [6.45, 7) is 0.706. The zero-order valence-electron chi connectivity index (χ0n) is 15.5. The minimum Gasteiger partial charge on any atom is -0.370 e. The summed E-state index contributed by atoms with van der Waals surface area (Å²) in [7, 11) is 1.06. The van der Waals surface area contributed by atoms with E-state index in [-0.39, 0.29) is 5.91 Å². The van der Waals surface area contributed by atoms with Gasteiger partial charge in [0.25, 0.3) is 5.91 Å². The van der Waals surface area contributed by atoms with Gasteiger partial charge in [-0.15, -0.1) is 0 Å². The summed E-state index contributed by atoms with van der Waals surface area (Å²) < 4.78 is 38.2. The highest BCUT2D eigenvalue weighted by Crippen LogP contribution is 2.30. The molecule has 1 aliphatic heterocycles. The molecule has 2 aromatic rings. The smallest absolute Gasteiger partial charge is 0.370 e. The summed E-state index contributed by atoms with van der Waals surface area (Å²) in [4.78, 5) is 15.0. The number of aliphatic hydroxyl groups excluding tert-OH is 1. The highest BCUT2D eigenvalue weighted by atomic mass is 19.4. The first kappa shape index (κ1) is 20.8. The van der Waals surface area contributed by atoms with E-state index in [0.29, 0.717) is 34.7 Å². The van der Waals surface area contributed by atoms with Crippen LogP contribution >= 0.6 is 0 Å². The lowest BCUT2D eigenvalue weighted by molar-refractivity contribution is -0.252. The molecule has 0 saturated carbocycles. The second-order valence-corrected chi connectivity index (χ2v) is 6.91. The second kappa shape index (κ2) is 7.83.